The maximum absolute atomic E-state index is 11.8. The molecular weight excluding hydrogens is 218 g/mol. The quantitative estimate of drug-likeness (QED) is 0.664. The standard InChI is InChI=1S/C10H18F2N2O2/c11-8(12)6-16-5-3-7-2-1-4-10(7,14)9(13)15/h7-8H,1-6,14H2,(H2,13,15). The monoisotopic (exact) mass is 236 g/mol. The third kappa shape index (κ3) is 3.12. The van der Waals surface area contributed by atoms with Gasteiger partial charge in [0, 0.05) is 6.61 Å². The molecular formula is C10H18F2N2O2. The van der Waals surface area contributed by atoms with Crippen molar-refractivity contribution in [2.75, 3.05) is 13.2 Å². The van der Waals surface area contributed by atoms with Crippen LogP contribution >= 0.6 is 0 Å². The van der Waals surface area contributed by atoms with Crippen LogP contribution in [-0.4, -0.2) is 31.1 Å². The molecule has 0 aromatic rings. The second-order valence-electron chi connectivity index (χ2n) is 4.25. The van der Waals surface area contributed by atoms with Gasteiger partial charge in [-0.25, -0.2) is 8.78 Å². The van der Waals surface area contributed by atoms with E-state index in [-0.39, 0.29) is 12.5 Å². The lowest BCUT2D eigenvalue weighted by Crippen LogP contribution is -2.54. The average molecular weight is 236 g/mol. The fourth-order valence-corrected chi connectivity index (χ4v) is 2.23. The van der Waals surface area contributed by atoms with Gasteiger partial charge in [-0.3, -0.25) is 4.79 Å². The minimum absolute atomic E-state index is 0.0531. The van der Waals surface area contributed by atoms with Crippen LogP contribution in [0, 0.1) is 5.92 Å². The van der Waals surface area contributed by atoms with Gasteiger partial charge >= 0.3 is 0 Å². The van der Waals surface area contributed by atoms with E-state index < -0.39 is 24.5 Å². The fourth-order valence-electron chi connectivity index (χ4n) is 2.23. The topological polar surface area (TPSA) is 78.3 Å². The number of rotatable bonds is 6. The number of carbonyl (C=O) groups excluding carboxylic acids is 1. The van der Waals surface area contributed by atoms with E-state index in [4.69, 9.17) is 16.2 Å². The van der Waals surface area contributed by atoms with Gasteiger partial charge in [0.25, 0.3) is 6.43 Å². The van der Waals surface area contributed by atoms with E-state index in [1.807, 2.05) is 0 Å². The Bertz CT molecular complexity index is 251. The number of alkyl halides is 2. The Hall–Kier alpha value is -0.750. The Balaban J connectivity index is 2.33. The molecule has 4 nitrogen and oxygen atoms in total. The lowest BCUT2D eigenvalue weighted by atomic mass is 9.85. The number of carbonyl (C=O) groups is 1. The van der Waals surface area contributed by atoms with E-state index in [0.29, 0.717) is 12.8 Å². The summed E-state index contributed by atoms with van der Waals surface area (Å²) in [5.74, 6) is -0.563. The third-order valence-electron chi connectivity index (χ3n) is 3.18. The van der Waals surface area contributed by atoms with Gasteiger partial charge in [0.1, 0.15) is 6.61 Å². The van der Waals surface area contributed by atoms with E-state index in [1.165, 1.54) is 0 Å². The first kappa shape index (κ1) is 13.3. The average Bonchev–Trinajstić information content (AvgIpc) is 2.56. The van der Waals surface area contributed by atoms with Gasteiger partial charge in [-0.05, 0) is 25.2 Å². The zero-order chi connectivity index (χ0) is 12.2. The summed E-state index contributed by atoms with van der Waals surface area (Å²) in [4.78, 5) is 11.2. The Kier molecular flexibility index (Phi) is 4.61. The maximum atomic E-state index is 11.8. The minimum atomic E-state index is -2.46. The number of primary amides is 1. The summed E-state index contributed by atoms with van der Waals surface area (Å²) >= 11 is 0. The van der Waals surface area contributed by atoms with Crippen LogP contribution in [0.5, 0.6) is 0 Å². The second kappa shape index (κ2) is 5.54. The normalized spacial score (nSPS) is 29.9. The van der Waals surface area contributed by atoms with Crippen LogP contribution in [0.4, 0.5) is 8.78 Å². The minimum Gasteiger partial charge on any atom is -0.376 e. The van der Waals surface area contributed by atoms with Gasteiger partial charge in [-0.1, -0.05) is 6.42 Å². The molecule has 94 valence electrons. The highest BCUT2D eigenvalue weighted by molar-refractivity contribution is 5.85. The highest BCUT2D eigenvalue weighted by atomic mass is 19.3. The molecule has 0 radical (unpaired) electrons. The van der Waals surface area contributed by atoms with Crippen LogP contribution in [0.1, 0.15) is 25.7 Å². The molecule has 1 fully saturated rings. The smallest absolute Gasteiger partial charge is 0.261 e. The molecule has 0 spiro atoms. The molecule has 0 heterocycles. The molecule has 0 aliphatic heterocycles. The molecule has 2 unspecified atom stereocenters. The van der Waals surface area contributed by atoms with E-state index in [0.717, 1.165) is 12.8 Å². The zero-order valence-corrected chi connectivity index (χ0v) is 9.12. The Labute approximate surface area is 93.3 Å². The number of ether oxygens (including phenoxy) is 1. The Morgan fingerprint density at radius 2 is 2.25 bits per heavy atom. The van der Waals surface area contributed by atoms with Crippen molar-refractivity contribution in [1.82, 2.24) is 0 Å². The first-order valence-corrected chi connectivity index (χ1v) is 5.41. The number of halogens is 2. The number of amides is 1. The first-order chi connectivity index (χ1) is 7.47. The van der Waals surface area contributed by atoms with E-state index >= 15 is 0 Å². The largest absolute Gasteiger partial charge is 0.376 e. The summed E-state index contributed by atoms with van der Waals surface area (Å²) in [6.45, 7) is -0.373. The Morgan fingerprint density at radius 3 is 2.81 bits per heavy atom. The molecule has 0 aromatic carbocycles. The molecule has 0 saturated heterocycles. The van der Waals surface area contributed by atoms with Crippen molar-refractivity contribution in [2.24, 2.45) is 17.4 Å². The maximum Gasteiger partial charge on any atom is 0.261 e. The zero-order valence-electron chi connectivity index (χ0n) is 9.12. The van der Waals surface area contributed by atoms with Gasteiger partial charge in [-0.15, -0.1) is 0 Å². The van der Waals surface area contributed by atoms with Crippen LogP contribution < -0.4 is 11.5 Å². The first-order valence-electron chi connectivity index (χ1n) is 5.41. The SMILES string of the molecule is NC(=O)C1(N)CCCC1CCOCC(F)F. The molecule has 1 amide bonds. The van der Waals surface area contributed by atoms with Crippen molar-refractivity contribution < 1.29 is 18.3 Å². The van der Waals surface area contributed by atoms with Crippen LogP contribution in [0.15, 0.2) is 0 Å². The number of hydrogen-bond donors (Lipinski definition) is 2. The molecule has 0 bridgehead atoms. The van der Waals surface area contributed by atoms with Crippen LogP contribution in [-0.2, 0) is 9.53 Å². The predicted octanol–water partition coefficient (Wildman–Crippen LogP) is 0.641. The highest BCUT2D eigenvalue weighted by Crippen LogP contribution is 2.35. The van der Waals surface area contributed by atoms with Crippen LogP contribution in [0.3, 0.4) is 0 Å². The van der Waals surface area contributed by atoms with Crippen molar-refractivity contribution in [2.45, 2.75) is 37.6 Å². The van der Waals surface area contributed by atoms with E-state index in [1.54, 1.807) is 0 Å². The summed E-state index contributed by atoms with van der Waals surface area (Å²) < 4.78 is 28.4. The van der Waals surface area contributed by atoms with Gasteiger partial charge in [0.15, 0.2) is 0 Å². The lowest BCUT2D eigenvalue weighted by molar-refractivity contribution is -0.124. The summed E-state index contributed by atoms with van der Waals surface area (Å²) in [7, 11) is 0. The van der Waals surface area contributed by atoms with Crippen LogP contribution in [0.2, 0.25) is 0 Å². The number of nitrogens with two attached hydrogens (primary N) is 2. The summed E-state index contributed by atoms with van der Waals surface area (Å²) in [5, 5.41) is 0. The Morgan fingerprint density at radius 1 is 1.56 bits per heavy atom. The van der Waals surface area contributed by atoms with Gasteiger partial charge in [-0.2, -0.15) is 0 Å². The summed E-state index contributed by atoms with van der Waals surface area (Å²) in [6, 6.07) is 0. The molecule has 1 saturated carbocycles. The summed E-state index contributed by atoms with van der Waals surface area (Å²) in [6.07, 6.45) is 0.270. The van der Waals surface area contributed by atoms with Gasteiger partial charge < -0.3 is 16.2 Å². The molecule has 1 rings (SSSR count). The molecule has 1 aliphatic carbocycles. The van der Waals surface area contributed by atoms with E-state index in [9.17, 15) is 13.6 Å². The van der Waals surface area contributed by atoms with Crippen molar-refractivity contribution in [3.8, 4) is 0 Å². The van der Waals surface area contributed by atoms with Crippen molar-refractivity contribution in [3.63, 3.8) is 0 Å². The lowest BCUT2D eigenvalue weighted by Gasteiger charge is -2.27. The van der Waals surface area contributed by atoms with Crippen molar-refractivity contribution in [3.05, 3.63) is 0 Å². The van der Waals surface area contributed by atoms with Crippen molar-refractivity contribution in [1.29, 1.82) is 0 Å². The number of hydrogen-bond acceptors (Lipinski definition) is 3. The molecule has 2 atom stereocenters. The van der Waals surface area contributed by atoms with Gasteiger partial charge in [0.2, 0.25) is 5.91 Å². The predicted molar refractivity (Wildman–Crippen MR) is 54.9 cm³/mol. The molecule has 0 aromatic heterocycles. The summed E-state index contributed by atoms with van der Waals surface area (Å²) in [5.41, 5.74) is 10.2. The van der Waals surface area contributed by atoms with Crippen molar-refractivity contribution >= 4 is 5.91 Å². The molecule has 1 aliphatic rings. The highest BCUT2D eigenvalue weighted by Gasteiger charge is 2.43. The molecule has 16 heavy (non-hydrogen) atoms. The van der Waals surface area contributed by atoms with Crippen LogP contribution in [0.25, 0.3) is 0 Å². The second-order valence-corrected chi connectivity index (χ2v) is 4.25. The molecule has 6 heteroatoms. The fraction of sp³-hybridized carbons (Fsp3) is 0.900. The van der Waals surface area contributed by atoms with Gasteiger partial charge in [0.05, 0.1) is 5.54 Å². The van der Waals surface area contributed by atoms with E-state index in [2.05, 4.69) is 0 Å². The third-order valence-corrected chi connectivity index (χ3v) is 3.18. The molecule has 4 N–H and O–H groups in total.